The fourth-order valence-electron chi connectivity index (χ4n) is 6.35. The van der Waals surface area contributed by atoms with Crippen molar-refractivity contribution in [1.29, 1.82) is 10.5 Å². The second-order valence-electron chi connectivity index (χ2n) is 11.2. The lowest BCUT2D eigenvalue weighted by Gasteiger charge is -2.12. The molecular weight excluding hydrogens is 584 g/mol. The Morgan fingerprint density at radius 1 is 0.617 bits per heavy atom. The van der Waals surface area contributed by atoms with E-state index in [9.17, 15) is 10.5 Å². The molecule has 0 N–H and O–H groups in total. The van der Waals surface area contributed by atoms with E-state index < -0.39 is 0 Å². The highest BCUT2D eigenvalue weighted by molar-refractivity contribution is 6.12. The fourth-order valence-corrected chi connectivity index (χ4v) is 6.35. The minimum Gasteiger partial charge on any atom is -0.436 e. The molecule has 0 aliphatic rings. The Labute approximate surface area is 266 Å². The Morgan fingerprint density at radius 3 is 1.89 bits per heavy atom. The van der Waals surface area contributed by atoms with Crippen molar-refractivity contribution in [1.82, 2.24) is 14.5 Å². The lowest BCUT2D eigenvalue weighted by Crippen LogP contribution is -1.96. The number of hydrogen-bond acceptors (Lipinski definition) is 6. The first kappa shape index (κ1) is 26.2. The van der Waals surface area contributed by atoms with Gasteiger partial charge in [0.2, 0.25) is 11.8 Å². The van der Waals surface area contributed by atoms with Crippen LogP contribution < -0.4 is 0 Å². The zero-order chi connectivity index (χ0) is 31.6. The van der Waals surface area contributed by atoms with E-state index >= 15 is 0 Å². The molecule has 8 nitrogen and oxygen atoms in total. The van der Waals surface area contributed by atoms with Gasteiger partial charge in [-0.1, -0.05) is 30.3 Å². The lowest BCUT2D eigenvalue weighted by molar-refractivity contribution is 0.619. The van der Waals surface area contributed by atoms with Crippen molar-refractivity contribution >= 4 is 60.5 Å². The van der Waals surface area contributed by atoms with Crippen LogP contribution >= 0.6 is 0 Å². The molecule has 0 amide bonds. The number of fused-ring (bicyclic) bond motifs is 6. The average Bonchev–Trinajstić information content (AvgIpc) is 3.83. The Balaban J connectivity index is 1.31. The van der Waals surface area contributed by atoms with E-state index in [0.29, 0.717) is 50.8 Å². The van der Waals surface area contributed by atoms with E-state index in [1.165, 1.54) is 0 Å². The highest BCUT2D eigenvalue weighted by atomic mass is 16.4. The van der Waals surface area contributed by atoms with Crippen LogP contribution in [0, 0.1) is 29.2 Å². The van der Waals surface area contributed by atoms with Gasteiger partial charge in [0, 0.05) is 32.7 Å². The molecule has 0 saturated heterocycles. The van der Waals surface area contributed by atoms with E-state index in [2.05, 4.69) is 45.8 Å². The van der Waals surface area contributed by atoms with Crippen LogP contribution in [0.25, 0.3) is 88.2 Å². The van der Waals surface area contributed by atoms with Gasteiger partial charge >= 0.3 is 0 Å². The molecule has 0 radical (unpaired) electrons. The second-order valence-corrected chi connectivity index (χ2v) is 11.2. The molecule has 6 aromatic carbocycles. The summed E-state index contributed by atoms with van der Waals surface area (Å²) in [5.41, 5.74) is 8.51. The van der Waals surface area contributed by atoms with E-state index in [-0.39, 0.29) is 0 Å². The molecule has 47 heavy (non-hydrogen) atoms. The molecule has 9 rings (SSSR count). The third-order valence-corrected chi connectivity index (χ3v) is 8.54. The van der Waals surface area contributed by atoms with E-state index in [4.69, 9.17) is 25.4 Å². The van der Waals surface area contributed by atoms with Gasteiger partial charge < -0.3 is 13.4 Å². The van der Waals surface area contributed by atoms with E-state index in [1.54, 1.807) is 36.4 Å². The SMILES string of the molecule is [C-]#[N+]c1ccc2oc(-c3ccc4c(c3)c3cc(-c5nc6cc(C#N)ccc6o5)ccc3n4-c3ccc(C#N)c4ccccc34)nc2c1. The Morgan fingerprint density at radius 2 is 1.26 bits per heavy atom. The molecule has 0 atom stereocenters. The Bertz CT molecular complexity index is 2760. The molecule has 0 bridgehead atoms. The molecule has 0 spiro atoms. The number of benzene rings is 6. The summed E-state index contributed by atoms with van der Waals surface area (Å²) in [4.78, 5) is 12.9. The molecule has 3 aromatic heterocycles. The van der Waals surface area contributed by atoms with Crippen molar-refractivity contribution in [2.45, 2.75) is 0 Å². The summed E-state index contributed by atoms with van der Waals surface area (Å²) in [5, 5.41) is 22.9. The summed E-state index contributed by atoms with van der Waals surface area (Å²) in [5.74, 6) is 0.907. The Kier molecular flexibility index (Phi) is 5.52. The summed E-state index contributed by atoms with van der Waals surface area (Å²) in [6.07, 6.45) is 0. The highest BCUT2D eigenvalue weighted by Crippen LogP contribution is 2.40. The fraction of sp³-hybridized carbons (Fsp3) is 0. The number of oxazole rings is 2. The summed E-state index contributed by atoms with van der Waals surface area (Å²) in [7, 11) is 0. The van der Waals surface area contributed by atoms with Gasteiger partial charge in [-0.15, -0.1) is 0 Å². The maximum atomic E-state index is 9.82. The topological polar surface area (TPSA) is 109 Å². The van der Waals surface area contributed by atoms with Gasteiger partial charge in [0.25, 0.3) is 0 Å². The third-order valence-electron chi connectivity index (χ3n) is 8.54. The molecule has 3 heterocycles. The van der Waals surface area contributed by atoms with Gasteiger partial charge in [-0.2, -0.15) is 10.5 Å². The minimum atomic E-state index is 0.451. The van der Waals surface area contributed by atoms with E-state index in [0.717, 1.165) is 49.4 Å². The van der Waals surface area contributed by atoms with Crippen LogP contribution in [-0.2, 0) is 0 Å². The van der Waals surface area contributed by atoms with Crippen LogP contribution in [0.15, 0.2) is 118 Å². The number of rotatable bonds is 3. The largest absolute Gasteiger partial charge is 0.436 e. The van der Waals surface area contributed by atoms with Crippen LogP contribution in [0.3, 0.4) is 0 Å². The van der Waals surface area contributed by atoms with Gasteiger partial charge in [0.1, 0.15) is 5.52 Å². The smallest absolute Gasteiger partial charge is 0.227 e. The Hall–Kier alpha value is -7.21. The summed E-state index contributed by atoms with van der Waals surface area (Å²) in [6.45, 7) is 7.36. The molecule has 0 aliphatic carbocycles. The third kappa shape index (κ3) is 3.98. The monoisotopic (exact) mass is 602 g/mol. The van der Waals surface area contributed by atoms with Crippen molar-refractivity contribution in [3.63, 3.8) is 0 Å². The molecule has 0 saturated carbocycles. The summed E-state index contributed by atoms with van der Waals surface area (Å²) in [6, 6.07) is 38.9. The predicted octanol–water partition coefficient (Wildman–Crippen LogP) is 9.85. The predicted molar refractivity (Wildman–Crippen MR) is 180 cm³/mol. The van der Waals surface area contributed by atoms with Crippen molar-refractivity contribution in [2.75, 3.05) is 0 Å². The van der Waals surface area contributed by atoms with Gasteiger partial charge in [-0.3, -0.25) is 0 Å². The first-order valence-corrected chi connectivity index (χ1v) is 14.7. The van der Waals surface area contributed by atoms with Crippen molar-refractivity contribution in [2.24, 2.45) is 0 Å². The van der Waals surface area contributed by atoms with Crippen molar-refractivity contribution < 1.29 is 8.83 Å². The highest BCUT2D eigenvalue weighted by Gasteiger charge is 2.19. The van der Waals surface area contributed by atoms with Crippen molar-refractivity contribution in [3.8, 4) is 40.7 Å². The van der Waals surface area contributed by atoms with Crippen molar-refractivity contribution in [3.05, 3.63) is 132 Å². The molecule has 8 heteroatoms. The normalized spacial score (nSPS) is 11.3. The number of nitriles is 2. The standard InChI is InChI=1S/C39H18N6O2/c1-42-26-10-15-37-32(19-26)44-39(47-37)24-8-12-35-30(18-24)29-17-23(38-43-31-16-22(20-40)6-14-36(31)46-38)7-11-34(29)45(35)33-13-9-25(21-41)27-4-2-3-5-28(27)33/h2-19H. The van der Waals surface area contributed by atoms with Gasteiger partial charge in [-0.25, -0.2) is 14.8 Å². The number of aromatic nitrogens is 3. The number of hydrogen-bond donors (Lipinski definition) is 0. The maximum absolute atomic E-state index is 9.82. The average molecular weight is 603 g/mol. The van der Waals surface area contributed by atoms with Crippen LogP contribution in [0.1, 0.15) is 11.1 Å². The molecule has 0 fully saturated rings. The lowest BCUT2D eigenvalue weighted by atomic mass is 10.0. The second kappa shape index (κ2) is 9.90. The first-order valence-electron chi connectivity index (χ1n) is 14.7. The molecule has 9 aromatic rings. The minimum absolute atomic E-state index is 0.451. The van der Waals surface area contributed by atoms with Crippen LogP contribution in [-0.4, -0.2) is 14.5 Å². The van der Waals surface area contributed by atoms with Gasteiger partial charge in [-0.05, 0) is 78.9 Å². The zero-order valence-electron chi connectivity index (χ0n) is 24.4. The maximum Gasteiger partial charge on any atom is 0.227 e. The molecular formula is C39H18N6O2. The first-order chi connectivity index (χ1) is 23.1. The molecule has 0 unspecified atom stereocenters. The zero-order valence-corrected chi connectivity index (χ0v) is 24.4. The summed E-state index contributed by atoms with van der Waals surface area (Å²) < 4.78 is 14.5. The molecule has 0 aliphatic heterocycles. The van der Waals surface area contributed by atoms with Crippen LogP contribution in [0.5, 0.6) is 0 Å². The number of nitrogens with zero attached hydrogens (tertiary/aromatic N) is 6. The van der Waals surface area contributed by atoms with Crippen LogP contribution in [0.2, 0.25) is 0 Å². The van der Waals surface area contributed by atoms with Gasteiger partial charge in [0.05, 0.1) is 52.1 Å². The molecule has 216 valence electrons. The van der Waals surface area contributed by atoms with Crippen LogP contribution in [0.4, 0.5) is 5.69 Å². The summed E-state index contributed by atoms with van der Waals surface area (Å²) >= 11 is 0. The quantitative estimate of drug-likeness (QED) is 0.186. The van der Waals surface area contributed by atoms with Gasteiger partial charge in [0.15, 0.2) is 16.9 Å². The van der Waals surface area contributed by atoms with E-state index in [1.807, 2.05) is 48.5 Å².